The third-order valence-electron chi connectivity index (χ3n) is 1.47. The Morgan fingerprint density at radius 1 is 1.42 bits per heavy atom. The first-order chi connectivity index (χ1) is 5.61. The Hall–Kier alpha value is -1.39. The SMILES string of the molecule is NC(=O)c1cccc(C(O)O)c1. The number of amides is 1. The Morgan fingerprint density at radius 2 is 2.08 bits per heavy atom. The number of nitrogens with two attached hydrogens (primary N) is 1. The van der Waals surface area contributed by atoms with E-state index in [1.165, 1.54) is 24.3 Å². The fourth-order valence-corrected chi connectivity index (χ4v) is 0.853. The lowest BCUT2D eigenvalue weighted by atomic mass is 10.1. The Bertz CT molecular complexity index is 296. The summed E-state index contributed by atoms with van der Waals surface area (Å²) in [6.07, 6.45) is -1.57. The minimum absolute atomic E-state index is 0.256. The lowest BCUT2D eigenvalue weighted by Crippen LogP contribution is -2.11. The second-order valence-electron chi connectivity index (χ2n) is 2.36. The summed E-state index contributed by atoms with van der Waals surface area (Å²) in [7, 11) is 0. The number of aliphatic hydroxyl groups excluding tert-OH is 1. The first kappa shape index (κ1) is 8.70. The first-order valence-electron chi connectivity index (χ1n) is 3.37. The zero-order valence-electron chi connectivity index (χ0n) is 6.27. The molecule has 0 heterocycles. The van der Waals surface area contributed by atoms with Crippen molar-refractivity contribution < 1.29 is 15.0 Å². The van der Waals surface area contributed by atoms with E-state index in [-0.39, 0.29) is 11.1 Å². The van der Waals surface area contributed by atoms with E-state index in [9.17, 15) is 4.79 Å². The van der Waals surface area contributed by atoms with Crippen molar-refractivity contribution in [3.8, 4) is 0 Å². The lowest BCUT2D eigenvalue weighted by molar-refractivity contribution is -0.0424. The normalized spacial score (nSPS) is 10.2. The van der Waals surface area contributed by atoms with Gasteiger partial charge in [0.15, 0.2) is 6.29 Å². The van der Waals surface area contributed by atoms with Crippen LogP contribution in [-0.2, 0) is 0 Å². The summed E-state index contributed by atoms with van der Waals surface area (Å²) in [5.74, 6) is -0.586. The van der Waals surface area contributed by atoms with Gasteiger partial charge in [-0.3, -0.25) is 4.79 Å². The third-order valence-corrected chi connectivity index (χ3v) is 1.47. The van der Waals surface area contributed by atoms with Crippen LogP contribution in [0.3, 0.4) is 0 Å². The number of aliphatic hydroxyl groups is 2. The molecule has 64 valence electrons. The van der Waals surface area contributed by atoms with Gasteiger partial charge in [-0.05, 0) is 12.1 Å². The van der Waals surface area contributed by atoms with Gasteiger partial charge in [-0.2, -0.15) is 0 Å². The van der Waals surface area contributed by atoms with Gasteiger partial charge >= 0.3 is 0 Å². The molecular formula is C8H9NO3. The van der Waals surface area contributed by atoms with Crippen LogP contribution in [0.4, 0.5) is 0 Å². The number of hydrogen-bond acceptors (Lipinski definition) is 3. The quantitative estimate of drug-likeness (QED) is 0.532. The molecule has 0 saturated heterocycles. The Morgan fingerprint density at radius 3 is 2.58 bits per heavy atom. The summed E-state index contributed by atoms with van der Waals surface area (Å²) < 4.78 is 0. The standard InChI is InChI=1S/C8H9NO3/c9-7(10)5-2-1-3-6(4-5)8(11)12/h1-4,8,11-12H,(H2,9,10). The smallest absolute Gasteiger partial charge is 0.248 e. The van der Waals surface area contributed by atoms with Crippen LogP contribution in [0.15, 0.2) is 24.3 Å². The minimum Gasteiger partial charge on any atom is -0.366 e. The van der Waals surface area contributed by atoms with Gasteiger partial charge in [-0.25, -0.2) is 0 Å². The maximum Gasteiger partial charge on any atom is 0.248 e. The molecule has 0 aliphatic heterocycles. The highest BCUT2D eigenvalue weighted by Gasteiger charge is 2.05. The molecule has 0 bridgehead atoms. The predicted molar refractivity (Wildman–Crippen MR) is 42.1 cm³/mol. The van der Waals surface area contributed by atoms with Crippen LogP contribution in [-0.4, -0.2) is 16.1 Å². The maximum absolute atomic E-state index is 10.6. The second kappa shape index (κ2) is 3.34. The number of rotatable bonds is 2. The molecule has 1 aromatic rings. The van der Waals surface area contributed by atoms with Crippen molar-refractivity contribution in [1.29, 1.82) is 0 Å². The van der Waals surface area contributed by atoms with E-state index in [0.717, 1.165) is 0 Å². The van der Waals surface area contributed by atoms with Crippen LogP contribution in [0.5, 0.6) is 0 Å². The highest BCUT2D eigenvalue weighted by molar-refractivity contribution is 5.92. The first-order valence-corrected chi connectivity index (χ1v) is 3.37. The van der Waals surface area contributed by atoms with Crippen LogP contribution in [0, 0.1) is 0 Å². The minimum atomic E-state index is -1.57. The summed E-state index contributed by atoms with van der Waals surface area (Å²) in [4.78, 5) is 10.6. The van der Waals surface area contributed by atoms with Crippen molar-refractivity contribution in [2.75, 3.05) is 0 Å². The molecule has 0 saturated carbocycles. The van der Waals surface area contributed by atoms with Gasteiger partial charge in [0.25, 0.3) is 0 Å². The van der Waals surface area contributed by atoms with E-state index in [4.69, 9.17) is 15.9 Å². The van der Waals surface area contributed by atoms with Crippen molar-refractivity contribution in [3.05, 3.63) is 35.4 Å². The number of carbonyl (C=O) groups is 1. The molecule has 0 radical (unpaired) electrons. The summed E-state index contributed by atoms with van der Waals surface area (Å²) in [6, 6.07) is 5.88. The zero-order chi connectivity index (χ0) is 9.14. The van der Waals surface area contributed by atoms with E-state index in [2.05, 4.69) is 0 Å². The molecule has 1 aromatic carbocycles. The lowest BCUT2D eigenvalue weighted by Gasteiger charge is -2.03. The van der Waals surface area contributed by atoms with Crippen LogP contribution >= 0.6 is 0 Å². The molecule has 4 heteroatoms. The fourth-order valence-electron chi connectivity index (χ4n) is 0.853. The monoisotopic (exact) mass is 167 g/mol. The molecule has 1 amide bonds. The number of carbonyl (C=O) groups excluding carboxylic acids is 1. The van der Waals surface area contributed by atoms with E-state index in [0.29, 0.717) is 0 Å². The van der Waals surface area contributed by atoms with Gasteiger partial charge in [-0.15, -0.1) is 0 Å². The molecule has 0 aliphatic carbocycles. The molecule has 0 unspecified atom stereocenters. The molecule has 1 rings (SSSR count). The molecule has 4 nitrogen and oxygen atoms in total. The number of benzene rings is 1. The van der Waals surface area contributed by atoms with Crippen LogP contribution < -0.4 is 5.73 Å². The highest BCUT2D eigenvalue weighted by atomic mass is 16.5. The average molecular weight is 167 g/mol. The Kier molecular flexibility index (Phi) is 2.42. The van der Waals surface area contributed by atoms with E-state index in [1.807, 2.05) is 0 Å². The molecule has 0 fully saturated rings. The van der Waals surface area contributed by atoms with Crippen LogP contribution in [0.1, 0.15) is 22.2 Å². The largest absolute Gasteiger partial charge is 0.366 e. The van der Waals surface area contributed by atoms with Gasteiger partial charge in [0, 0.05) is 11.1 Å². The van der Waals surface area contributed by atoms with E-state index < -0.39 is 12.2 Å². The fraction of sp³-hybridized carbons (Fsp3) is 0.125. The topological polar surface area (TPSA) is 83.6 Å². The molecule has 0 atom stereocenters. The predicted octanol–water partition coefficient (Wildman–Crippen LogP) is -0.231. The summed E-state index contributed by atoms with van der Waals surface area (Å²) in [5, 5.41) is 17.5. The third kappa shape index (κ3) is 1.81. The van der Waals surface area contributed by atoms with Crippen LogP contribution in [0.2, 0.25) is 0 Å². The Labute approximate surface area is 69.3 Å². The molecule has 0 aliphatic rings. The van der Waals surface area contributed by atoms with Crippen molar-refractivity contribution in [2.45, 2.75) is 6.29 Å². The summed E-state index contributed by atoms with van der Waals surface area (Å²) in [5.41, 5.74) is 5.50. The summed E-state index contributed by atoms with van der Waals surface area (Å²) in [6.45, 7) is 0. The zero-order valence-corrected chi connectivity index (χ0v) is 6.27. The van der Waals surface area contributed by atoms with Crippen molar-refractivity contribution in [2.24, 2.45) is 5.73 Å². The molecular weight excluding hydrogens is 158 g/mol. The van der Waals surface area contributed by atoms with Crippen LogP contribution in [0.25, 0.3) is 0 Å². The second-order valence-corrected chi connectivity index (χ2v) is 2.36. The van der Waals surface area contributed by atoms with Gasteiger partial charge < -0.3 is 15.9 Å². The molecule has 4 N–H and O–H groups in total. The van der Waals surface area contributed by atoms with E-state index in [1.54, 1.807) is 0 Å². The number of primary amides is 1. The highest BCUT2D eigenvalue weighted by Crippen LogP contribution is 2.10. The Balaban J connectivity index is 3.04. The number of hydrogen-bond donors (Lipinski definition) is 3. The van der Waals surface area contributed by atoms with Crippen molar-refractivity contribution in [1.82, 2.24) is 0 Å². The molecule has 0 spiro atoms. The van der Waals surface area contributed by atoms with Gasteiger partial charge in [0.2, 0.25) is 5.91 Å². The van der Waals surface area contributed by atoms with Crippen molar-refractivity contribution >= 4 is 5.91 Å². The molecule has 0 aromatic heterocycles. The average Bonchev–Trinajstić information content (AvgIpc) is 2.04. The summed E-state index contributed by atoms with van der Waals surface area (Å²) >= 11 is 0. The van der Waals surface area contributed by atoms with Gasteiger partial charge in [0.05, 0.1) is 0 Å². The van der Waals surface area contributed by atoms with E-state index >= 15 is 0 Å². The molecule has 12 heavy (non-hydrogen) atoms. The van der Waals surface area contributed by atoms with Gasteiger partial charge in [-0.1, -0.05) is 12.1 Å². The van der Waals surface area contributed by atoms with Gasteiger partial charge in [0.1, 0.15) is 0 Å². The van der Waals surface area contributed by atoms with Crippen molar-refractivity contribution in [3.63, 3.8) is 0 Å². The maximum atomic E-state index is 10.6.